The molecule has 3 heterocycles. The van der Waals surface area contributed by atoms with Gasteiger partial charge in [-0.25, -0.2) is 0 Å². The van der Waals surface area contributed by atoms with Gasteiger partial charge in [0.1, 0.15) is 0 Å². The number of hydrogen-bond acceptors (Lipinski definition) is 2. The van der Waals surface area contributed by atoms with Crippen LogP contribution in [0.3, 0.4) is 0 Å². The second kappa shape index (κ2) is 7.16. The van der Waals surface area contributed by atoms with E-state index >= 15 is 0 Å². The fourth-order valence-corrected chi connectivity index (χ4v) is 4.04. The van der Waals surface area contributed by atoms with E-state index in [9.17, 15) is 0 Å². The molecule has 1 aliphatic heterocycles. The molecule has 5 heteroatoms. The second-order valence-corrected chi connectivity index (χ2v) is 7.74. The number of pyridine rings is 1. The highest BCUT2D eigenvalue weighted by atomic mass is 32.1. The van der Waals surface area contributed by atoms with Crippen LogP contribution < -0.4 is 10.2 Å². The smallest absolute Gasteiger partial charge is 0.174 e. The van der Waals surface area contributed by atoms with Crippen LogP contribution >= 0.6 is 12.2 Å². The van der Waals surface area contributed by atoms with E-state index < -0.39 is 0 Å². The molecule has 1 aromatic carbocycles. The van der Waals surface area contributed by atoms with Crippen LogP contribution in [0.25, 0.3) is 0 Å². The lowest BCUT2D eigenvalue weighted by atomic mass is 9.98. The average molecular weight is 377 g/mol. The third kappa shape index (κ3) is 3.35. The van der Waals surface area contributed by atoms with Crippen molar-refractivity contribution in [2.45, 2.75) is 31.8 Å². The summed E-state index contributed by atoms with van der Waals surface area (Å²) in [5.41, 5.74) is 4.64. The topological polar surface area (TPSA) is 33.1 Å². The van der Waals surface area contributed by atoms with Crippen LogP contribution in [0.1, 0.15) is 48.7 Å². The average Bonchev–Trinajstić information content (AvgIpc) is 3.25. The standard InChI is InChI=1S/C22H24N4S/c1-15(2)16-7-9-18(10-8-16)26-21(17-11-13-25(3)14-17)20(24-22(26)27)19-6-4-5-12-23-19/h4-15,20-21H,1-3H3,(H,24,27). The lowest BCUT2D eigenvalue weighted by Crippen LogP contribution is -2.29. The Balaban J connectivity index is 1.78. The van der Waals surface area contributed by atoms with Crippen molar-refractivity contribution in [1.82, 2.24) is 14.9 Å². The molecule has 1 N–H and O–H groups in total. The van der Waals surface area contributed by atoms with E-state index in [1.165, 1.54) is 11.1 Å². The van der Waals surface area contributed by atoms with Gasteiger partial charge in [-0.15, -0.1) is 0 Å². The maximum Gasteiger partial charge on any atom is 0.174 e. The lowest BCUT2D eigenvalue weighted by molar-refractivity contribution is 0.567. The third-order valence-corrected chi connectivity index (χ3v) is 5.45. The van der Waals surface area contributed by atoms with Gasteiger partial charge < -0.3 is 14.8 Å². The summed E-state index contributed by atoms with van der Waals surface area (Å²) in [5.74, 6) is 0.508. The molecular weight excluding hydrogens is 352 g/mol. The van der Waals surface area contributed by atoms with Crippen LogP contribution in [0, 0.1) is 0 Å². The largest absolute Gasteiger partial charge is 0.357 e. The van der Waals surface area contributed by atoms with Crippen molar-refractivity contribution in [3.8, 4) is 0 Å². The van der Waals surface area contributed by atoms with E-state index in [0.29, 0.717) is 5.92 Å². The minimum atomic E-state index is 0.00544. The SMILES string of the molecule is CC(C)c1ccc(N2C(=S)NC(c3ccccn3)C2c2ccn(C)c2)cc1. The van der Waals surface area contributed by atoms with Crippen LogP contribution in [0.4, 0.5) is 5.69 Å². The molecule has 0 bridgehead atoms. The van der Waals surface area contributed by atoms with Crippen LogP contribution in [0.15, 0.2) is 67.1 Å². The zero-order chi connectivity index (χ0) is 19.0. The molecule has 27 heavy (non-hydrogen) atoms. The second-order valence-electron chi connectivity index (χ2n) is 7.35. The number of benzene rings is 1. The number of anilines is 1. The number of rotatable bonds is 4. The molecule has 2 unspecified atom stereocenters. The molecule has 0 aliphatic carbocycles. The Hall–Kier alpha value is -2.66. The van der Waals surface area contributed by atoms with Crippen molar-refractivity contribution in [2.24, 2.45) is 7.05 Å². The Labute approximate surface area is 165 Å². The van der Waals surface area contributed by atoms with E-state index in [1.807, 2.05) is 25.4 Å². The van der Waals surface area contributed by atoms with Crippen LogP contribution in [-0.4, -0.2) is 14.7 Å². The summed E-state index contributed by atoms with van der Waals surface area (Å²) >= 11 is 5.75. The minimum absolute atomic E-state index is 0.00544. The van der Waals surface area contributed by atoms with E-state index in [-0.39, 0.29) is 12.1 Å². The van der Waals surface area contributed by atoms with Gasteiger partial charge in [0.05, 0.1) is 17.8 Å². The normalized spacial score (nSPS) is 19.6. The third-order valence-electron chi connectivity index (χ3n) is 5.13. The minimum Gasteiger partial charge on any atom is -0.357 e. The summed E-state index contributed by atoms with van der Waals surface area (Å²) in [5, 5.41) is 4.23. The van der Waals surface area contributed by atoms with Crippen LogP contribution in [0.2, 0.25) is 0 Å². The lowest BCUT2D eigenvalue weighted by Gasteiger charge is -2.27. The molecule has 1 aliphatic rings. The van der Waals surface area contributed by atoms with Gasteiger partial charge in [-0.3, -0.25) is 4.98 Å². The van der Waals surface area contributed by atoms with Gasteiger partial charge in [-0.05, 0) is 59.6 Å². The number of thiocarbonyl (C=S) groups is 1. The summed E-state index contributed by atoms with van der Waals surface area (Å²) in [7, 11) is 2.04. The van der Waals surface area contributed by atoms with E-state index in [0.717, 1.165) is 16.5 Å². The summed E-state index contributed by atoms with van der Waals surface area (Å²) in [6.45, 7) is 4.42. The molecular formula is C22H24N4S. The van der Waals surface area contributed by atoms with Crippen LogP contribution in [-0.2, 0) is 7.05 Å². The summed E-state index contributed by atoms with van der Waals surface area (Å²) in [6, 6.07) is 17.0. The van der Waals surface area contributed by atoms with Gasteiger partial charge in [-0.1, -0.05) is 32.0 Å². The number of hydrogen-bond donors (Lipinski definition) is 1. The fraction of sp³-hybridized carbons (Fsp3) is 0.273. The highest BCUT2D eigenvalue weighted by Crippen LogP contribution is 2.41. The maximum absolute atomic E-state index is 5.75. The molecule has 4 nitrogen and oxygen atoms in total. The fourth-order valence-electron chi connectivity index (χ4n) is 3.69. The van der Waals surface area contributed by atoms with E-state index in [4.69, 9.17) is 12.2 Å². The summed E-state index contributed by atoms with van der Waals surface area (Å²) < 4.78 is 2.08. The first-order valence-electron chi connectivity index (χ1n) is 9.27. The first-order valence-corrected chi connectivity index (χ1v) is 9.68. The first kappa shape index (κ1) is 17.7. The van der Waals surface area contributed by atoms with Crippen LogP contribution in [0.5, 0.6) is 0 Å². The number of nitrogens with zero attached hydrogens (tertiary/aromatic N) is 3. The van der Waals surface area contributed by atoms with Crippen molar-refractivity contribution in [3.63, 3.8) is 0 Å². The quantitative estimate of drug-likeness (QED) is 0.668. The van der Waals surface area contributed by atoms with Crippen molar-refractivity contribution < 1.29 is 0 Å². The molecule has 3 aromatic rings. The summed E-state index contributed by atoms with van der Waals surface area (Å²) in [4.78, 5) is 6.80. The molecule has 1 saturated heterocycles. The molecule has 2 atom stereocenters. The molecule has 4 rings (SSSR count). The van der Waals surface area contributed by atoms with Crippen molar-refractivity contribution >= 4 is 23.0 Å². The zero-order valence-electron chi connectivity index (χ0n) is 15.8. The van der Waals surface area contributed by atoms with Gasteiger partial charge in [0.15, 0.2) is 5.11 Å². The molecule has 0 saturated carbocycles. The Morgan fingerprint density at radius 3 is 2.44 bits per heavy atom. The number of nitrogens with one attached hydrogen (secondary N) is 1. The Morgan fingerprint density at radius 1 is 1.07 bits per heavy atom. The van der Waals surface area contributed by atoms with Crippen molar-refractivity contribution in [2.75, 3.05) is 4.90 Å². The molecule has 1 fully saturated rings. The number of aryl methyl sites for hydroxylation is 1. The van der Waals surface area contributed by atoms with Crippen molar-refractivity contribution in [3.05, 3.63) is 83.9 Å². The Morgan fingerprint density at radius 2 is 1.85 bits per heavy atom. The molecule has 0 amide bonds. The predicted octanol–water partition coefficient (Wildman–Crippen LogP) is 4.72. The van der Waals surface area contributed by atoms with Gasteiger partial charge >= 0.3 is 0 Å². The first-order chi connectivity index (χ1) is 13.0. The monoisotopic (exact) mass is 376 g/mol. The molecule has 0 spiro atoms. The van der Waals surface area contributed by atoms with Gasteiger partial charge in [0.25, 0.3) is 0 Å². The van der Waals surface area contributed by atoms with E-state index in [1.54, 1.807) is 0 Å². The predicted molar refractivity (Wildman–Crippen MR) is 114 cm³/mol. The molecule has 138 valence electrons. The highest BCUT2D eigenvalue weighted by Gasteiger charge is 2.40. The molecule has 0 radical (unpaired) electrons. The van der Waals surface area contributed by atoms with Crippen molar-refractivity contribution in [1.29, 1.82) is 0 Å². The van der Waals surface area contributed by atoms with Gasteiger partial charge in [0, 0.05) is 31.3 Å². The number of aromatic nitrogens is 2. The summed E-state index contributed by atoms with van der Waals surface area (Å²) in [6.07, 6.45) is 6.07. The van der Waals surface area contributed by atoms with Gasteiger partial charge in [-0.2, -0.15) is 0 Å². The molecule has 2 aromatic heterocycles. The van der Waals surface area contributed by atoms with Gasteiger partial charge in [0.2, 0.25) is 0 Å². The zero-order valence-corrected chi connectivity index (χ0v) is 16.6. The van der Waals surface area contributed by atoms with E-state index in [2.05, 4.69) is 82.4 Å². The Bertz CT molecular complexity index is 930. The maximum atomic E-state index is 5.75. The highest BCUT2D eigenvalue weighted by molar-refractivity contribution is 7.80. The Kier molecular flexibility index (Phi) is 4.70.